The first-order chi connectivity index (χ1) is 5.61. The van der Waals surface area contributed by atoms with E-state index in [2.05, 4.69) is 15.9 Å². The fraction of sp³-hybridized carbons (Fsp3) is 0.375. The molecule has 0 N–H and O–H groups in total. The smallest absolute Gasteiger partial charge is 0.184 e. The van der Waals surface area contributed by atoms with E-state index in [4.69, 9.17) is 0 Å². The van der Waals surface area contributed by atoms with E-state index in [1.807, 2.05) is 19.1 Å². The van der Waals surface area contributed by atoms with Crippen LogP contribution in [0.15, 0.2) is 23.8 Å². The summed E-state index contributed by atoms with van der Waals surface area (Å²) < 4.78 is 21.0. The summed E-state index contributed by atoms with van der Waals surface area (Å²) in [4.78, 5) is 0.738. The van der Waals surface area contributed by atoms with Crippen molar-refractivity contribution < 1.29 is 8.42 Å². The van der Waals surface area contributed by atoms with Crippen molar-refractivity contribution in [2.45, 2.75) is 18.2 Å². The van der Waals surface area contributed by atoms with Crippen LogP contribution < -0.4 is 0 Å². The Balaban J connectivity index is 2.89. The van der Waals surface area contributed by atoms with Gasteiger partial charge in [-0.15, -0.1) is 0 Å². The maximum absolute atomic E-state index is 10.5. The van der Waals surface area contributed by atoms with E-state index in [0.717, 1.165) is 5.57 Å². The molecule has 1 unspecified atom stereocenters. The van der Waals surface area contributed by atoms with Crippen molar-refractivity contribution in [3.8, 4) is 0 Å². The highest BCUT2D eigenvalue weighted by Gasteiger charge is 2.06. The molecule has 0 radical (unpaired) electrons. The second-order valence-corrected chi connectivity index (χ2v) is 4.93. The molecule has 0 aromatic heterocycles. The van der Waals surface area contributed by atoms with Crippen LogP contribution in [-0.4, -0.2) is 18.1 Å². The molecule has 1 aliphatic carbocycles. The van der Waals surface area contributed by atoms with E-state index in [1.165, 1.54) is 0 Å². The average molecular weight is 249 g/mol. The minimum absolute atomic E-state index is 0.287. The molecule has 0 bridgehead atoms. The monoisotopic (exact) mass is 248 g/mol. The van der Waals surface area contributed by atoms with Gasteiger partial charge in [-0.1, -0.05) is 28.1 Å². The van der Waals surface area contributed by atoms with Crippen molar-refractivity contribution in [2.24, 2.45) is 0 Å². The lowest BCUT2D eigenvalue weighted by Crippen LogP contribution is -2.03. The number of halogens is 1. The third-order valence-electron chi connectivity index (χ3n) is 1.67. The number of allylic oxidation sites excluding steroid dienone is 4. The highest BCUT2D eigenvalue weighted by molar-refractivity contribution is 9.09. The Morgan fingerprint density at radius 2 is 2.17 bits per heavy atom. The molecule has 1 rings (SSSR count). The van der Waals surface area contributed by atoms with Crippen molar-refractivity contribution in [2.75, 3.05) is 0 Å². The molecule has 1 aliphatic rings. The zero-order chi connectivity index (χ0) is 9.14. The van der Waals surface area contributed by atoms with Crippen molar-refractivity contribution >= 4 is 31.1 Å². The van der Waals surface area contributed by atoms with Crippen molar-refractivity contribution in [1.82, 2.24) is 0 Å². The van der Waals surface area contributed by atoms with Crippen LogP contribution in [0.5, 0.6) is 0 Å². The summed E-state index contributed by atoms with van der Waals surface area (Å²) in [6.07, 6.45) is 5.91. The van der Waals surface area contributed by atoms with Crippen LogP contribution in [0.2, 0.25) is 0 Å². The molecule has 2 nitrogen and oxygen atoms in total. The first-order valence-corrected chi connectivity index (χ1v) is 5.57. The van der Waals surface area contributed by atoms with Crippen molar-refractivity contribution in [3.05, 3.63) is 23.8 Å². The zero-order valence-electron chi connectivity index (χ0n) is 6.62. The fourth-order valence-corrected chi connectivity index (χ4v) is 1.70. The van der Waals surface area contributed by atoms with Gasteiger partial charge < -0.3 is 0 Å². The van der Waals surface area contributed by atoms with Crippen molar-refractivity contribution in [1.29, 1.82) is 0 Å². The van der Waals surface area contributed by atoms with Gasteiger partial charge in [-0.3, -0.25) is 0 Å². The van der Waals surface area contributed by atoms with Gasteiger partial charge in [0.1, 0.15) is 0 Å². The Morgan fingerprint density at radius 3 is 2.50 bits per heavy atom. The Morgan fingerprint density at radius 1 is 1.50 bits per heavy atom. The zero-order valence-corrected chi connectivity index (χ0v) is 9.02. The molecule has 4 heteroatoms. The van der Waals surface area contributed by atoms with E-state index in [0.29, 0.717) is 11.3 Å². The Bertz CT molecular complexity index is 350. The molecule has 0 spiro atoms. The van der Waals surface area contributed by atoms with Gasteiger partial charge >= 0.3 is 0 Å². The van der Waals surface area contributed by atoms with Crippen LogP contribution in [0.3, 0.4) is 0 Å². The first kappa shape index (κ1) is 9.74. The lowest BCUT2D eigenvalue weighted by molar-refractivity contribution is 0.627. The second-order valence-electron chi connectivity index (χ2n) is 2.56. The first-order valence-electron chi connectivity index (χ1n) is 3.58. The number of rotatable bonds is 1. The van der Waals surface area contributed by atoms with Crippen LogP contribution in [0, 0.1) is 0 Å². The van der Waals surface area contributed by atoms with Crippen LogP contribution in [-0.2, 0) is 10.3 Å². The van der Waals surface area contributed by atoms with Gasteiger partial charge in [0.05, 0.1) is 4.86 Å². The highest BCUT2D eigenvalue weighted by Crippen LogP contribution is 2.17. The molecule has 0 aromatic rings. The highest BCUT2D eigenvalue weighted by atomic mass is 79.9. The second kappa shape index (κ2) is 4.05. The Kier molecular flexibility index (Phi) is 3.29. The van der Waals surface area contributed by atoms with Gasteiger partial charge in [-0.25, -0.2) is 0 Å². The van der Waals surface area contributed by atoms with Gasteiger partial charge in [0.2, 0.25) is 10.3 Å². The van der Waals surface area contributed by atoms with Gasteiger partial charge in [0.25, 0.3) is 0 Å². The minimum Gasteiger partial charge on any atom is -0.184 e. The van der Waals surface area contributed by atoms with Gasteiger partial charge in [0, 0.05) is 11.2 Å². The van der Waals surface area contributed by atoms with Crippen LogP contribution in [0.4, 0.5) is 0 Å². The number of hydrogen-bond acceptors (Lipinski definition) is 2. The molecule has 0 heterocycles. The van der Waals surface area contributed by atoms with Gasteiger partial charge in [-0.2, -0.15) is 8.42 Å². The molecular formula is C8H9BrO2S. The summed E-state index contributed by atoms with van der Waals surface area (Å²) >= 11 is 3.41. The molecule has 0 aliphatic heterocycles. The average Bonchev–Trinajstić information content (AvgIpc) is 2.04. The normalized spacial score (nSPS) is 18.8. The summed E-state index contributed by atoms with van der Waals surface area (Å²) in [5.41, 5.74) is 1.13. The van der Waals surface area contributed by atoms with E-state index in [9.17, 15) is 8.42 Å². The van der Waals surface area contributed by atoms with E-state index in [1.54, 1.807) is 6.08 Å². The SMILES string of the molecule is CC(Br)C1=CCC(=S(=O)=O)C=C1. The third-order valence-corrected chi connectivity index (χ3v) is 2.93. The Labute approximate surface area is 81.6 Å². The lowest BCUT2D eigenvalue weighted by atomic mass is 10.1. The number of hydrogen-bond donors (Lipinski definition) is 0. The molecule has 12 heavy (non-hydrogen) atoms. The lowest BCUT2D eigenvalue weighted by Gasteiger charge is -2.08. The Hall–Kier alpha value is -0.350. The molecular weight excluding hydrogens is 240 g/mol. The van der Waals surface area contributed by atoms with E-state index >= 15 is 0 Å². The topological polar surface area (TPSA) is 34.1 Å². The van der Waals surface area contributed by atoms with E-state index < -0.39 is 10.3 Å². The van der Waals surface area contributed by atoms with Crippen LogP contribution in [0.25, 0.3) is 0 Å². The van der Waals surface area contributed by atoms with E-state index in [-0.39, 0.29) is 4.83 Å². The van der Waals surface area contributed by atoms with Crippen LogP contribution >= 0.6 is 15.9 Å². The standard InChI is InChI=1S/C8H9BrO2S/c1-6(9)7-2-4-8(5-3-7)12(10)11/h2-4,6H,5H2,1H3. The third kappa shape index (κ3) is 2.32. The molecule has 66 valence electrons. The molecule has 0 saturated heterocycles. The predicted octanol–water partition coefficient (Wildman–Crippen LogP) is 1.71. The quantitative estimate of drug-likeness (QED) is 0.523. The molecule has 0 amide bonds. The van der Waals surface area contributed by atoms with Crippen molar-refractivity contribution in [3.63, 3.8) is 0 Å². The summed E-state index contributed by atoms with van der Waals surface area (Å²) in [7, 11) is -2.06. The molecule has 0 aromatic carbocycles. The minimum atomic E-state index is -2.06. The molecule has 0 saturated carbocycles. The maximum atomic E-state index is 10.5. The van der Waals surface area contributed by atoms with Crippen LogP contribution in [0.1, 0.15) is 13.3 Å². The van der Waals surface area contributed by atoms with Gasteiger partial charge in [-0.05, 0) is 18.6 Å². The summed E-state index contributed by atoms with van der Waals surface area (Å²) in [5, 5.41) is 0. The van der Waals surface area contributed by atoms with Gasteiger partial charge in [0.15, 0.2) is 0 Å². The summed E-state index contributed by atoms with van der Waals surface area (Å²) in [6, 6.07) is 0. The predicted molar refractivity (Wildman–Crippen MR) is 54.2 cm³/mol. The molecule has 1 atom stereocenters. The number of alkyl halides is 1. The fourth-order valence-electron chi connectivity index (χ4n) is 0.962. The molecule has 0 fully saturated rings. The summed E-state index contributed by atoms with van der Waals surface area (Å²) in [6.45, 7) is 2.01. The summed E-state index contributed by atoms with van der Waals surface area (Å²) in [5.74, 6) is 0. The largest absolute Gasteiger partial charge is 0.217 e. The maximum Gasteiger partial charge on any atom is 0.217 e.